The number of benzene rings is 1. The highest BCUT2D eigenvalue weighted by Crippen LogP contribution is 2.22. The molecule has 0 aliphatic carbocycles. The second-order valence-electron chi connectivity index (χ2n) is 7.13. The van der Waals surface area contributed by atoms with Crippen molar-refractivity contribution in [3.63, 3.8) is 0 Å². The van der Waals surface area contributed by atoms with Crippen molar-refractivity contribution in [1.29, 1.82) is 0 Å². The Balaban J connectivity index is 1.42. The monoisotopic (exact) mass is 454 g/mol. The Bertz CT molecular complexity index is 1310. The summed E-state index contributed by atoms with van der Waals surface area (Å²) in [4.78, 5) is 23.3. The molecule has 3 heterocycles. The maximum absolute atomic E-state index is 12.6. The number of nitrogens with one attached hydrogen (secondary N) is 1. The average Bonchev–Trinajstić information content (AvgIpc) is 3.44. The van der Waals surface area contributed by atoms with Crippen LogP contribution in [0.5, 0.6) is 0 Å². The van der Waals surface area contributed by atoms with Gasteiger partial charge in [-0.2, -0.15) is 15.3 Å². The number of aromatic nitrogens is 6. The first-order valence-corrected chi connectivity index (χ1v) is 9.98. The maximum atomic E-state index is 12.6. The van der Waals surface area contributed by atoms with Gasteiger partial charge < -0.3 is 5.32 Å². The number of rotatable bonds is 7. The molecular formula is C20H19ClN8O3. The molecule has 4 rings (SSSR count). The third-order valence-electron chi connectivity index (χ3n) is 4.86. The summed E-state index contributed by atoms with van der Waals surface area (Å²) in [6.07, 6.45) is 4.85. The van der Waals surface area contributed by atoms with Gasteiger partial charge in [-0.15, -0.1) is 0 Å². The molecule has 0 spiro atoms. The summed E-state index contributed by atoms with van der Waals surface area (Å²) < 4.78 is 4.63. The zero-order valence-corrected chi connectivity index (χ0v) is 18.0. The van der Waals surface area contributed by atoms with Crippen molar-refractivity contribution >= 4 is 28.9 Å². The summed E-state index contributed by atoms with van der Waals surface area (Å²) >= 11 is 6.18. The lowest BCUT2D eigenvalue weighted by atomic mass is 10.2. The molecule has 11 nitrogen and oxygen atoms in total. The quantitative estimate of drug-likeness (QED) is 0.337. The van der Waals surface area contributed by atoms with E-state index in [2.05, 4.69) is 20.6 Å². The van der Waals surface area contributed by atoms with E-state index in [4.69, 9.17) is 11.6 Å². The average molecular weight is 455 g/mol. The fourth-order valence-electron chi connectivity index (χ4n) is 3.30. The lowest BCUT2D eigenvalue weighted by Crippen LogP contribution is -2.15. The highest BCUT2D eigenvalue weighted by Gasteiger charge is 2.22. The van der Waals surface area contributed by atoms with Crippen LogP contribution in [0.2, 0.25) is 5.02 Å². The van der Waals surface area contributed by atoms with Gasteiger partial charge in [0.1, 0.15) is 18.1 Å². The van der Waals surface area contributed by atoms with E-state index < -0.39 is 10.8 Å². The standard InChI is InChI=1S/C20H19ClN8O3/c1-13-19(29(31)32)14(2)28(24-13)12-26-8-7-18(25-26)20(30)23-16-9-22-27(11-16)10-15-5-3-4-6-17(15)21/h3-9,11H,10,12H2,1-2H3,(H,23,30). The molecule has 0 radical (unpaired) electrons. The van der Waals surface area contributed by atoms with E-state index in [0.29, 0.717) is 28.6 Å². The molecule has 3 aromatic heterocycles. The van der Waals surface area contributed by atoms with Gasteiger partial charge in [-0.05, 0) is 31.5 Å². The minimum absolute atomic E-state index is 0.0241. The summed E-state index contributed by atoms with van der Waals surface area (Å²) in [6, 6.07) is 9.03. The van der Waals surface area contributed by atoms with Gasteiger partial charge >= 0.3 is 5.69 Å². The van der Waals surface area contributed by atoms with Crippen LogP contribution in [0.1, 0.15) is 27.4 Å². The molecule has 0 bridgehead atoms. The Kier molecular flexibility index (Phi) is 5.73. The number of anilines is 1. The van der Waals surface area contributed by atoms with Crippen LogP contribution in [0.3, 0.4) is 0 Å². The number of carbonyl (C=O) groups is 1. The van der Waals surface area contributed by atoms with E-state index in [9.17, 15) is 14.9 Å². The minimum atomic E-state index is -0.456. The molecule has 4 aromatic rings. The predicted octanol–water partition coefficient (Wildman–Crippen LogP) is 3.26. The van der Waals surface area contributed by atoms with Crippen molar-refractivity contribution in [2.24, 2.45) is 0 Å². The highest BCUT2D eigenvalue weighted by molar-refractivity contribution is 6.31. The van der Waals surface area contributed by atoms with Crippen molar-refractivity contribution in [3.05, 3.63) is 86.7 Å². The van der Waals surface area contributed by atoms with Gasteiger partial charge in [-0.25, -0.2) is 4.68 Å². The number of nitrogens with zero attached hydrogens (tertiary/aromatic N) is 7. The van der Waals surface area contributed by atoms with Crippen molar-refractivity contribution < 1.29 is 9.72 Å². The Morgan fingerprint density at radius 2 is 1.97 bits per heavy atom. The Morgan fingerprint density at radius 1 is 1.19 bits per heavy atom. The third-order valence-corrected chi connectivity index (χ3v) is 5.23. The summed E-state index contributed by atoms with van der Waals surface area (Å²) in [6.45, 7) is 3.81. The van der Waals surface area contributed by atoms with E-state index in [1.54, 1.807) is 43.2 Å². The van der Waals surface area contributed by atoms with Crippen molar-refractivity contribution in [2.45, 2.75) is 27.1 Å². The van der Waals surface area contributed by atoms with Crippen LogP contribution in [0, 0.1) is 24.0 Å². The van der Waals surface area contributed by atoms with Crippen LogP contribution in [-0.4, -0.2) is 40.2 Å². The Hall–Kier alpha value is -3.99. The van der Waals surface area contributed by atoms with Crippen LogP contribution < -0.4 is 5.32 Å². The molecule has 0 saturated heterocycles. The van der Waals surface area contributed by atoms with Gasteiger partial charge in [-0.1, -0.05) is 29.8 Å². The van der Waals surface area contributed by atoms with Gasteiger partial charge in [0.15, 0.2) is 5.69 Å². The van der Waals surface area contributed by atoms with Gasteiger partial charge in [0, 0.05) is 17.4 Å². The topological polar surface area (TPSA) is 126 Å². The minimum Gasteiger partial charge on any atom is -0.318 e. The van der Waals surface area contributed by atoms with Crippen LogP contribution >= 0.6 is 11.6 Å². The van der Waals surface area contributed by atoms with Crippen molar-refractivity contribution in [2.75, 3.05) is 5.32 Å². The second-order valence-corrected chi connectivity index (χ2v) is 7.54. The first kappa shape index (κ1) is 21.2. The van der Waals surface area contributed by atoms with Gasteiger partial charge in [0.2, 0.25) is 0 Å². The molecule has 0 aliphatic heterocycles. The van der Waals surface area contributed by atoms with Crippen LogP contribution in [0.4, 0.5) is 11.4 Å². The van der Waals surface area contributed by atoms with Gasteiger partial charge in [-0.3, -0.25) is 24.3 Å². The molecule has 0 aliphatic rings. The largest absolute Gasteiger partial charge is 0.318 e. The molecule has 0 saturated carbocycles. The van der Waals surface area contributed by atoms with E-state index >= 15 is 0 Å². The summed E-state index contributed by atoms with van der Waals surface area (Å²) in [7, 11) is 0. The molecule has 1 aromatic carbocycles. The van der Waals surface area contributed by atoms with E-state index in [-0.39, 0.29) is 18.1 Å². The lowest BCUT2D eigenvalue weighted by molar-refractivity contribution is -0.386. The zero-order valence-electron chi connectivity index (χ0n) is 17.3. The Morgan fingerprint density at radius 3 is 2.69 bits per heavy atom. The van der Waals surface area contributed by atoms with Gasteiger partial charge in [0.05, 0.1) is 23.4 Å². The van der Waals surface area contributed by atoms with Crippen LogP contribution in [0.25, 0.3) is 0 Å². The number of halogens is 1. The number of hydrogen-bond acceptors (Lipinski definition) is 6. The van der Waals surface area contributed by atoms with Crippen LogP contribution in [0.15, 0.2) is 48.9 Å². The van der Waals surface area contributed by atoms with E-state index in [0.717, 1.165) is 5.56 Å². The molecular weight excluding hydrogens is 436 g/mol. The number of aryl methyl sites for hydroxylation is 1. The maximum Gasteiger partial charge on any atom is 0.312 e. The fourth-order valence-corrected chi connectivity index (χ4v) is 3.49. The number of carbonyl (C=O) groups excluding carboxylic acids is 1. The molecule has 0 atom stereocenters. The normalized spacial score (nSPS) is 11.0. The van der Waals surface area contributed by atoms with Gasteiger partial charge in [0.25, 0.3) is 5.91 Å². The Labute approximate surface area is 187 Å². The number of nitro groups is 1. The predicted molar refractivity (Wildman–Crippen MR) is 117 cm³/mol. The fraction of sp³-hybridized carbons (Fsp3) is 0.200. The SMILES string of the molecule is Cc1nn(Cn2ccc(C(=O)Nc3cnn(Cc4ccccc4Cl)c3)n2)c(C)c1[N+](=O)[O-]. The first-order valence-electron chi connectivity index (χ1n) is 9.61. The first-order chi connectivity index (χ1) is 15.3. The lowest BCUT2D eigenvalue weighted by Gasteiger charge is -2.04. The molecule has 164 valence electrons. The van der Waals surface area contributed by atoms with E-state index in [1.165, 1.54) is 9.36 Å². The number of hydrogen-bond donors (Lipinski definition) is 1. The highest BCUT2D eigenvalue weighted by atomic mass is 35.5. The smallest absolute Gasteiger partial charge is 0.312 e. The molecule has 1 N–H and O–H groups in total. The summed E-state index contributed by atoms with van der Waals surface area (Å²) in [5.41, 5.74) is 2.35. The van der Waals surface area contributed by atoms with Crippen molar-refractivity contribution in [1.82, 2.24) is 29.3 Å². The van der Waals surface area contributed by atoms with E-state index in [1.807, 2.05) is 24.3 Å². The molecule has 32 heavy (non-hydrogen) atoms. The molecule has 12 heteroatoms. The number of amides is 1. The van der Waals surface area contributed by atoms with Crippen LogP contribution in [-0.2, 0) is 13.2 Å². The molecule has 0 fully saturated rings. The second kappa shape index (κ2) is 8.63. The zero-order chi connectivity index (χ0) is 22.8. The molecule has 1 amide bonds. The van der Waals surface area contributed by atoms with Crippen molar-refractivity contribution in [3.8, 4) is 0 Å². The summed E-state index contributed by atoms with van der Waals surface area (Å²) in [5, 5.41) is 27.2. The summed E-state index contributed by atoms with van der Waals surface area (Å²) in [5.74, 6) is -0.402. The third kappa shape index (κ3) is 4.37. The molecule has 0 unspecified atom stereocenters.